The van der Waals surface area contributed by atoms with Gasteiger partial charge in [0.15, 0.2) is 0 Å². The highest BCUT2D eigenvalue weighted by atomic mass is 19.3. The summed E-state index contributed by atoms with van der Waals surface area (Å²) in [6, 6.07) is 4.85. The summed E-state index contributed by atoms with van der Waals surface area (Å²) in [7, 11) is 0. The van der Waals surface area contributed by atoms with Crippen molar-refractivity contribution in [3.8, 4) is 0 Å². The molecule has 1 amide bonds. The SMILES string of the molecule is C[C@@H](N)C(=O)Nc1cccc(C(F)F)c1. The molecule has 0 aliphatic carbocycles. The number of carbonyl (C=O) groups excluding carboxylic acids is 1. The predicted molar refractivity (Wildman–Crippen MR) is 53.7 cm³/mol. The molecule has 0 aliphatic heterocycles. The summed E-state index contributed by atoms with van der Waals surface area (Å²) in [6.45, 7) is 1.52. The third-order valence-electron chi connectivity index (χ3n) is 1.82. The normalized spacial score (nSPS) is 12.6. The second kappa shape index (κ2) is 4.84. The largest absolute Gasteiger partial charge is 0.325 e. The van der Waals surface area contributed by atoms with Gasteiger partial charge in [0.25, 0.3) is 6.43 Å². The maximum atomic E-state index is 12.3. The molecule has 1 rings (SSSR count). The molecule has 82 valence electrons. The van der Waals surface area contributed by atoms with Crippen LogP contribution in [-0.2, 0) is 4.79 Å². The van der Waals surface area contributed by atoms with E-state index in [1.165, 1.54) is 31.2 Å². The van der Waals surface area contributed by atoms with Crippen molar-refractivity contribution in [1.29, 1.82) is 0 Å². The van der Waals surface area contributed by atoms with Gasteiger partial charge < -0.3 is 11.1 Å². The highest BCUT2D eigenvalue weighted by Gasteiger charge is 2.10. The lowest BCUT2D eigenvalue weighted by Crippen LogP contribution is -2.32. The van der Waals surface area contributed by atoms with E-state index in [2.05, 4.69) is 5.32 Å². The predicted octanol–water partition coefficient (Wildman–Crippen LogP) is 1.91. The molecule has 0 spiro atoms. The van der Waals surface area contributed by atoms with Crippen molar-refractivity contribution >= 4 is 11.6 Å². The molecule has 3 N–H and O–H groups in total. The molecule has 5 heteroatoms. The number of carbonyl (C=O) groups is 1. The van der Waals surface area contributed by atoms with Gasteiger partial charge in [-0.2, -0.15) is 0 Å². The summed E-state index contributed by atoms with van der Waals surface area (Å²) in [4.78, 5) is 11.2. The fraction of sp³-hybridized carbons (Fsp3) is 0.300. The summed E-state index contributed by atoms with van der Waals surface area (Å²) < 4.78 is 24.6. The van der Waals surface area contributed by atoms with Crippen LogP contribution in [0.15, 0.2) is 24.3 Å². The van der Waals surface area contributed by atoms with Crippen LogP contribution >= 0.6 is 0 Å². The fourth-order valence-electron chi connectivity index (χ4n) is 1.01. The average molecular weight is 214 g/mol. The highest BCUT2D eigenvalue weighted by molar-refractivity contribution is 5.94. The first kappa shape index (κ1) is 11.6. The van der Waals surface area contributed by atoms with Crippen LogP contribution in [0.5, 0.6) is 0 Å². The van der Waals surface area contributed by atoms with Crippen molar-refractivity contribution in [2.24, 2.45) is 5.73 Å². The van der Waals surface area contributed by atoms with Gasteiger partial charge in [-0.3, -0.25) is 4.79 Å². The Balaban J connectivity index is 2.78. The number of alkyl halides is 2. The van der Waals surface area contributed by atoms with Crippen LogP contribution in [-0.4, -0.2) is 11.9 Å². The lowest BCUT2D eigenvalue weighted by molar-refractivity contribution is -0.117. The van der Waals surface area contributed by atoms with Crippen LogP contribution in [0.2, 0.25) is 0 Å². The van der Waals surface area contributed by atoms with Crippen LogP contribution in [0.3, 0.4) is 0 Å². The zero-order chi connectivity index (χ0) is 11.4. The number of hydrogen-bond donors (Lipinski definition) is 2. The summed E-state index contributed by atoms with van der Waals surface area (Å²) in [5.41, 5.74) is 5.52. The van der Waals surface area contributed by atoms with Gasteiger partial charge in [-0.05, 0) is 19.1 Å². The van der Waals surface area contributed by atoms with Crippen LogP contribution in [0.1, 0.15) is 18.9 Å². The third kappa shape index (κ3) is 3.28. The van der Waals surface area contributed by atoms with E-state index in [9.17, 15) is 13.6 Å². The smallest absolute Gasteiger partial charge is 0.263 e. The second-order valence-corrected chi connectivity index (χ2v) is 3.20. The number of amides is 1. The van der Waals surface area contributed by atoms with E-state index in [0.717, 1.165) is 0 Å². The zero-order valence-corrected chi connectivity index (χ0v) is 8.21. The van der Waals surface area contributed by atoms with Gasteiger partial charge >= 0.3 is 0 Å². The molecule has 1 aromatic rings. The van der Waals surface area contributed by atoms with Crippen molar-refractivity contribution in [3.63, 3.8) is 0 Å². The van der Waals surface area contributed by atoms with Gasteiger partial charge in [0, 0.05) is 11.3 Å². The van der Waals surface area contributed by atoms with Gasteiger partial charge in [0.2, 0.25) is 5.91 Å². The van der Waals surface area contributed by atoms with E-state index in [4.69, 9.17) is 5.73 Å². The van der Waals surface area contributed by atoms with E-state index in [0.29, 0.717) is 5.69 Å². The lowest BCUT2D eigenvalue weighted by atomic mass is 10.2. The summed E-state index contributed by atoms with van der Waals surface area (Å²) in [6.07, 6.45) is -2.54. The van der Waals surface area contributed by atoms with E-state index in [1.54, 1.807) is 0 Å². The molecule has 0 fully saturated rings. The number of nitrogens with one attached hydrogen (secondary N) is 1. The average Bonchev–Trinajstić information content (AvgIpc) is 2.18. The zero-order valence-electron chi connectivity index (χ0n) is 8.21. The van der Waals surface area contributed by atoms with Crippen molar-refractivity contribution in [3.05, 3.63) is 29.8 Å². The van der Waals surface area contributed by atoms with E-state index < -0.39 is 18.4 Å². The molecule has 0 heterocycles. The Kier molecular flexibility index (Phi) is 3.74. The molecule has 0 saturated carbocycles. The van der Waals surface area contributed by atoms with Crippen LogP contribution in [0.25, 0.3) is 0 Å². The second-order valence-electron chi connectivity index (χ2n) is 3.20. The Labute approximate surface area is 86.3 Å². The van der Waals surface area contributed by atoms with Crippen molar-refractivity contribution < 1.29 is 13.6 Å². The maximum Gasteiger partial charge on any atom is 0.263 e. The first-order chi connectivity index (χ1) is 7.00. The van der Waals surface area contributed by atoms with Crippen molar-refractivity contribution in [1.82, 2.24) is 0 Å². The summed E-state index contributed by atoms with van der Waals surface area (Å²) in [5.74, 6) is -0.401. The fourth-order valence-corrected chi connectivity index (χ4v) is 1.01. The van der Waals surface area contributed by atoms with Crippen molar-refractivity contribution in [2.75, 3.05) is 5.32 Å². The van der Waals surface area contributed by atoms with Crippen LogP contribution in [0, 0.1) is 0 Å². The Hall–Kier alpha value is -1.49. The minimum Gasteiger partial charge on any atom is -0.325 e. The quantitative estimate of drug-likeness (QED) is 0.807. The summed E-state index contributed by atoms with van der Waals surface area (Å²) >= 11 is 0. The topological polar surface area (TPSA) is 55.1 Å². The first-order valence-corrected chi connectivity index (χ1v) is 4.45. The van der Waals surface area contributed by atoms with E-state index in [-0.39, 0.29) is 5.56 Å². The van der Waals surface area contributed by atoms with Gasteiger partial charge in [0.1, 0.15) is 0 Å². The molecule has 0 aromatic heterocycles. The Morgan fingerprint density at radius 2 is 2.13 bits per heavy atom. The Bertz CT molecular complexity index is 353. The standard InChI is InChI=1S/C10H12F2N2O/c1-6(13)10(15)14-8-4-2-3-7(5-8)9(11)12/h2-6,9H,13H2,1H3,(H,14,15)/t6-/m1/s1. The number of benzene rings is 1. The van der Waals surface area contributed by atoms with E-state index >= 15 is 0 Å². The van der Waals surface area contributed by atoms with Gasteiger partial charge in [-0.1, -0.05) is 12.1 Å². The molecule has 1 atom stereocenters. The molecule has 0 unspecified atom stereocenters. The molecule has 15 heavy (non-hydrogen) atoms. The monoisotopic (exact) mass is 214 g/mol. The molecule has 1 aromatic carbocycles. The first-order valence-electron chi connectivity index (χ1n) is 4.45. The minimum absolute atomic E-state index is 0.127. The number of hydrogen-bond acceptors (Lipinski definition) is 2. The number of nitrogens with two attached hydrogens (primary N) is 1. The lowest BCUT2D eigenvalue weighted by Gasteiger charge is -2.08. The van der Waals surface area contributed by atoms with Crippen LogP contribution in [0.4, 0.5) is 14.5 Å². The summed E-state index contributed by atoms with van der Waals surface area (Å²) in [5, 5.41) is 2.44. The number of anilines is 1. The van der Waals surface area contributed by atoms with Crippen LogP contribution < -0.4 is 11.1 Å². The number of halogens is 2. The van der Waals surface area contributed by atoms with Gasteiger partial charge in [-0.25, -0.2) is 8.78 Å². The molecular weight excluding hydrogens is 202 g/mol. The molecule has 0 radical (unpaired) electrons. The minimum atomic E-state index is -2.54. The van der Waals surface area contributed by atoms with Gasteiger partial charge in [0.05, 0.1) is 6.04 Å². The number of rotatable bonds is 3. The van der Waals surface area contributed by atoms with Gasteiger partial charge in [-0.15, -0.1) is 0 Å². The Morgan fingerprint density at radius 3 is 2.67 bits per heavy atom. The highest BCUT2D eigenvalue weighted by Crippen LogP contribution is 2.21. The maximum absolute atomic E-state index is 12.3. The molecule has 0 saturated heterocycles. The molecule has 0 aliphatic rings. The Morgan fingerprint density at radius 1 is 1.47 bits per heavy atom. The third-order valence-corrected chi connectivity index (χ3v) is 1.82. The molecule has 0 bridgehead atoms. The molecular formula is C10H12F2N2O. The van der Waals surface area contributed by atoms with E-state index in [1.807, 2.05) is 0 Å². The molecule has 3 nitrogen and oxygen atoms in total. The van der Waals surface area contributed by atoms with Crippen molar-refractivity contribution in [2.45, 2.75) is 19.4 Å².